The topological polar surface area (TPSA) is 29.5 Å². The molecule has 1 heterocycles. The summed E-state index contributed by atoms with van der Waals surface area (Å²) >= 11 is 0. The van der Waals surface area contributed by atoms with E-state index in [4.69, 9.17) is 4.43 Å². The maximum atomic E-state index is 11.7. The highest BCUT2D eigenvalue weighted by Crippen LogP contribution is 2.38. The van der Waals surface area contributed by atoms with Crippen molar-refractivity contribution in [2.75, 3.05) is 6.61 Å². The molecule has 0 aliphatic carbocycles. The van der Waals surface area contributed by atoms with Crippen LogP contribution < -0.4 is 10.4 Å². The third kappa shape index (κ3) is 4.36. The fourth-order valence-corrected chi connectivity index (χ4v) is 9.60. The van der Waals surface area contributed by atoms with Crippen LogP contribution in [0.1, 0.15) is 32.8 Å². The quantitative estimate of drug-likeness (QED) is 0.382. The smallest absolute Gasteiger partial charge is 0.261 e. The van der Waals surface area contributed by atoms with Gasteiger partial charge >= 0.3 is 0 Å². The van der Waals surface area contributed by atoms with Gasteiger partial charge in [-0.25, -0.2) is 0 Å². The minimum absolute atomic E-state index is 0.0250. The Balaban J connectivity index is 1.64. The summed E-state index contributed by atoms with van der Waals surface area (Å²) in [6.07, 6.45) is 1.94. The number of likely N-dealkylation sites (tertiary alicyclic amines) is 1. The number of rotatable bonds is 8. The molecule has 3 aromatic rings. The molecule has 0 bridgehead atoms. The Kier molecular flexibility index (Phi) is 6.75. The van der Waals surface area contributed by atoms with Gasteiger partial charge in [-0.2, -0.15) is 0 Å². The second-order valence-electron chi connectivity index (χ2n) is 9.73. The third-order valence-electron chi connectivity index (χ3n) is 6.68. The van der Waals surface area contributed by atoms with Crippen LogP contribution in [-0.2, 0) is 15.8 Å². The summed E-state index contributed by atoms with van der Waals surface area (Å²) in [4.78, 5) is 14.0. The molecule has 32 heavy (non-hydrogen) atoms. The lowest BCUT2D eigenvalue weighted by atomic mass is 9.93. The van der Waals surface area contributed by atoms with Crippen LogP contribution in [0.2, 0.25) is 5.04 Å². The van der Waals surface area contributed by atoms with Crippen molar-refractivity contribution in [2.24, 2.45) is 0 Å². The summed E-state index contributed by atoms with van der Waals surface area (Å²) in [5.41, 5.74) is 1.23. The molecule has 1 fully saturated rings. The molecule has 4 rings (SSSR count). The number of benzene rings is 3. The third-order valence-corrected chi connectivity index (χ3v) is 11.7. The molecule has 3 aromatic carbocycles. The van der Waals surface area contributed by atoms with E-state index in [1.165, 1.54) is 15.9 Å². The molecule has 3 nitrogen and oxygen atoms in total. The van der Waals surface area contributed by atoms with Crippen molar-refractivity contribution in [3.8, 4) is 0 Å². The molecule has 0 unspecified atom stereocenters. The Hall–Kier alpha value is -2.53. The Morgan fingerprint density at radius 2 is 1.38 bits per heavy atom. The first-order valence-electron chi connectivity index (χ1n) is 11.5. The van der Waals surface area contributed by atoms with Crippen molar-refractivity contribution in [2.45, 2.75) is 50.9 Å². The lowest BCUT2D eigenvalue weighted by molar-refractivity contribution is -0.121. The molecule has 1 aliphatic heterocycles. The highest BCUT2D eigenvalue weighted by atomic mass is 28.4. The monoisotopic (exact) mass is 443 g/mol. The fourth-order valence-electron chi connectivity index (χ4n) is 5.00. The minimum atomic E-state index is -2.56. The predicted molar refractivity (Wildman–Crippen MR) is 134 cm³/mol. The van der Waals surface area contributed by atoms with E-state index in [1.807, 2.05) is 6.07 Å². The first-order chi connectivity index (χ1) is 15.5. The van der Waals surface area contributed by atoms with E-state index in [0.29, 0.717) is 6.61 Å². The minimum Gasteiger partial charge on any atom is -0.406 e. The zero-order valence-electron chi connectivity index (χ0n) is 19.3. The first kappa shape index (κ1) is 22.7. The van der Waals surface area contributed by atoms with Crippen LogP contribution in [0, 0.1) is 0 Å². The van der Waals surface area contributed by atoms with Crippen LogP contribution in [0.15, 0.2) is 91.0 Å². The lowest BCUT2D eigenvalue weighted by Gasteiger charge is -2.49. The lowest BCUT2D eigenvalue weighted by Crippen LogP contribution is -2.68. The highest BCUT2D eigenvalue weighted by Gasteiger charge is 2.51. The van der Waals surface area contributed by atoms with E-state index in [9.17, 15) is 4.79 Å². The van der Waals surface area contributed by atoms with E-state index in [0.717, 1.165) is 19.3 Å². The van der Waals surface area contributed by atoms with E-state index in [2.05, 4.69) is 111 Å². The summed E-state index contributed by atoms with van der Waals surface area (Å²) in [6.45, 7) is 8.31. The van der Waals surface area contributed by atoms with Crippen LogP contribution in [0.4, 0.5) is 0 Å². The van der Waals surface area contributed by atoms with Gasteiger partial charge in [0.05, 0.1) is 12.6 Å². The van der Waals surface area contributed by atoms with Crippen LogP contribution in [0.25, 0.3) is 0 Å². The molecule has 0 amide bonds. The van der Waals surface area contributed by atoms with E-state index in [1.54, 1.807) is 0 Å². The molecule has 166 valence electrons. The van der Waals surface area contributed by atoms with Crippen LogP contribution >= 0.6 is 0 Å². The molecule has 0 spiro atoms. The Labute approximate surface area is 193 Å². The maximum absolute atomic E-state index is 11.7. The molecule has 0 saturated carbocycles. The van der Waals surface area contributed by atoms with Gasteiger partial charge in [0, 0.05) is 12.6 Å². The zero-order chi connectivity index (χ0) is 22.6. The van der Waals surface area contributed by atoms with Crippen molar-refractivity contribution in [1.82, 2.24) is 4.90 Å². The Bertz CT molecular complexity index is 962. The van der Waals surface area contributed by atoms with Crippen LogP contribution in [0.5, 0.6) is 0 Å². The summed E-state index contributed by atoms with van der Waals surface area (Å²) in [5.74, 6) is 0. The molecular formula is C28H33NO2Si. The number of hydrogen-bond acceptors (Lipinski definition) is 3. The number of carbonyl (C=O) groups excluding carboxylic acids is 1. The van der Waals surface area contributed by atoms with Crippen molar-refractivity contribution in [3.63, 3.8) is 0 Å². The van der Waals surface area contributed by atoms with E-state index < -0.39 is 8.32 Å². The van der Waals surface area contributed by atoms with Crippen molar-refractivity contribution < 1.29 is 9.22 Å². The number of hydrogen-bond donors (Lipinski definition) is 0. The highest BCUT2D eigenvalue weighted by molar-refractivity contribution is 6.99. The van der Waals surface area contributed by atoms with E-state index >= 15 is 0 Å². The normalized spacial score (nSPS) is 19.3. The van der Waals surface area contributed by atoms with Gasteiger partial charge in [0.25, 0.3) is 8.32 Å². The van der Waals surface area contributed by atoms with Crippen LogP contribution in [0.3, 0.4) is 0 Å². The molecule has 2 atom stereocenters. The van der Waals surface area contributed by atoms with Gasteiger partial charge in [-0.3, -0.25) is 4.90 Å². The first-order valence-corrected chi connectivity index (χ1v) is 13.4. The Morgan fingerprint density at radius 3 is 1.84 bits per heavy atom. The van der Waals surface area contributed by atoms with Gasteiger partial charge in [0.1, 0.15) is 6.29 Å². The van der Waals surface area contributed by atoms with Gasteiger partial charge in [0.15, 0.2) is 0 Å². The number of carbonyl (C=O) groups is 1. The molecule has 1 saturated heterocycles. The predicted octanol–water partition coefficient (Wildman–Crippen LogP) is 4.41. The summed E-state index contributed by atoms with van der Waals surface area (Å²) in [7, 11) is -2.56. The largest absolute Gasteiger partial charge is 0.406 e. The summed E-state index contributed by atoms with van der Waals surface area (Å²) in [5, 5.41) is 2.53. The SMILES string of the molecule is CC(C)(C)[Si](OC[C@H]1C[C@@H](C=O)N1Cc1ccccc1)(c1ccccc1)c1ccccc1. The number of nitrogens with zero attached hydrogens (tertiary/aromatic N) is 1. The van der Waals surface area contributed by atoms with Crippen LogP contribution in [-0.4, -0.2) is 38.2 Å². The maximum Gasteiger partial charge on any atom is 0.261 e. The van der Waals surface area contributed by atoms with Gasteiger partial charge in [0.2, 0.25) is 0 Å². The average molecular weight is 444 g/mol. The second-order valence-corrected chi connectivity index (χ2v) is 14.0. The van der Waals surface area contributed by atoms with Gasteiger partial charge in [-0.15, -0.1) is 0 Å². The average Bonchev–Trinajstić information content (AvgIpc) is 2.80. The molecular weight excluding hydrogens is 410 g/mol. The van der Waals surface area contributed by atoms with Gasteiger partial charge in [-0.1, -0.05) is 112 Å². The molecule has 0 radical (unpaired) electrons. The molecule has 1 aliphatic rings. The van der Waals surface area contributed by atoms with Gasteiger partial charge in [-0.05, 0) is 27.4 Å². The molecule has 4 heteroatoms. The second kappa shape index (κ2) is 9.53. The van der Waals surface area contributed by atoms with Crippen molar-refractivity contribution >= 4 is 25.0 Å². The number of aldehydes is 1. The Morgan fingerprint density at radius 1 is 0.875 bits per heavy atom. The van der Waals surface area contributed by atoms with Gasteiger partial charge < -0.3 is 9.22 Å². The fraction of sp³-hybridized carbons (Fsp3) is 0.321. The summed E-state index contributed by atoms with van der Waals surface area (Å²) in [6, 6.07) is 32.1. The molecule has 0 aromatic heterocycles. The standard InChI is InChI=1S/C28H33NO2Si/c1-28(2,3)32(26-15-9-5-10-16-26,27-17-11-6-12-18-27)31-22-25-19-24(21-30)29(25)20-23-13-7-4-8-14-23/h4-18,21,24-25H,19-20,22H2,1-3H3/t24-,25+/m0/s1. The van der Waals surface area contributed by atoms with Crippen molar-refractivity contribution in [3.05, 3.63) is 96.6 Å². The van der Waals surface area contributed by atoms with E-state index in [-0.39, 0.29) is 17.1 Å². The molecule has 0 N–H and O–H groups in total. The summed E-state index contributed by atoms with van der Waals surface area (Å²) < 4.78 is 7.11. The van der Waals surface area contributed by atoms with Crippen molar-refractivity contribution in [1.29, 1.82) is 0 Å². The zero-order valence-corrected chi connectivity index (χ0v) is 20.3.